The largest absolute Gasteiger partial charge is 0.476 e. The summed E-state index contributed by atoms with van der Waals surface area (Å²) in [5.74, 6) is -2.45. The summed E-state index contributed by atoms with van der Waals surface area (Å²) in [5.41, 5.74) is -2.40. The van der Waals surface area contributed by atoms with Gasteiger partial charge in [0.2, 0.25) is 0 Å². The third-order valence-electron chi connectivity index (χ3n) is 7.02. The molecule has 0 saturated carbocycles. The lowest BCUT2D eigenvalue weighted by atomic mass is 9.80. The molecule has 0 bridgehead atoms. The number of nitro groups is 1. The van der Waals surface area contributed by atoms with Crippen LogP contribution in [-0.2, 0) is 14.0 Å². The number of carboxylic acid groups (broad SMARTS) is 1. The third-order valence-corrected chi connectivity index (χ3v) is 12.0. The van der Waals surface area contributed by atoms with Crippen LogP contribution in [0.15, 0.2) is 72.8 Å². The average Bonchev–Trinajstić information content (AvgIpc) is 2.81. The van der Waals surface area contributed by atoms with E-state index in [1.165, 1.54) is 26.0 Å². The van der Waals surface area contributed by atoms with Crippen LogP contribution in [0.5, 0.6) is 0 Å². The molecule has 194 valence electrons. The second kappa shape index (κ2) is 10.6. The molecule has 1 heterocycles. The first-order chi connectivity index (χ1) is 16.9. The fourth-order valence-electron chi connectivity index (χ4n) is 5.10. The maximum Gasteiger partial charge on any atom is 0.385 e. The standard InChI is InChI=1S/C27H35NO7Si/c1-19(2)27(25(30)31,28(32)33)24-17-16-22(29)23(35-24)18-34-36(26(3,4)5,20-12-8-6-9-13-20)21-14-10-7-11-15-21/h6-17,19,22-24,29H,18H2,1-5H3,(H,30,31)/t22-,23-,24-,27?/m1/s1. The van der Waals surface area contributed by atoms with Crippen LogP contribution in [0.2, 0.25) is 5.04 Å². The first kappa shape index (κ1) is 27.7. The van der Waals surface area contributed by atoms with E-state index in [0.717, 1.165) is 10.4 Å². The number of benzene rings is 2. The van der Waals surface area contributed by atoms with E-state index >= 15 is 0 Å². The van der Waals surface area contributed by atoms with Gasteiger partial charge in [0, 0.05) is 10.8 Å². The van der Waals surface area contributed by atoms with Crippen LogP contribution in [0.25, 0.3) is 0 Å². The van der Waals surface area contributed by atoms with Gasteiger partial charge in [-0.25, -0.2) is 4.79 Å². The van der Waals surface area contributed by atoms with Crippen molar-refractivity contribution in [2.24, 2.45) is 5.92 Å². The van der Waals surface area contributed by atoms with E-state index in [4.69, 9.17) is 9.16 Å². The summed E-state index contributed by atoms with van der Waals surface area (Å²) in [6, 6.07) is 19.9. The van der Waals surface area contributed by atoms with Crippen molar-refractivity contribution in [2.45, 2.75) is 63.5 Å². The highest BCUT2D eigenvalue weighted by molar-refractivity contribution is 6.99. The summed E-state index contributed by atoms with van der Waals surface area (Å²) < 4.78 is 12.8. The Kier molecular flexibility index (Phi) is 8.19. The van der Waals surface area contributed by atoms with Gasteiger partial charge in [0.15, 0.2) is 6.10 Å². The molecule has 1 unspecified atom stereocenters. The van der Waals surface area contributed by atoms with Crippen LogP contribution in [0.3, 0.4) is 0 Å². The van der Waals surface area contributed by atoms with Gasteiger partial charge in [-0.15, -0.1) is 0 Å². The monoisotopic (exact) mass is 513 g/mol. The Morgan fingerprint density at radius 2 is 1.56 bits per heavy atom. The number of aliphatic carboxylic acids is 1. The zero-order chi connectivity index (χ0) is 26.7. The van der Waals surface area contributed by atoms with Crippen molar-refractivity contribution in [3.05, 3.63) is 82.9 Å². The Balaban J connectivity index is 2.03. The van der Waals surface area contributed by atoms with Gasteiger partial charge in [-0.05, 0) is 21.5 Å². The van der Waals surface area contributed by atoms with E-state index in [2.05, 4.69) is 20.8 Å². The van der Waals surface area contributed by atoms with E-state index in [1.807, 2.05) is 60.7 Å². The van der Waals surface area contributed by atoms with Gasteiger partial charge < -0.3 is 19.4 Å². The molecule has 0 spiro atoms. The molecule has 2 aromatic rings. The minimum Gasteiger partial charge on any atom is -0.476 e. The van der Waals surface area contributed by atoms with Gasteiger partial charge >= 0.3 is 11.5 Å². The average molecular weight is 514 g/mol. The molecule has 4 atom stereocenters. The number of hydrogen-bond donors (Lipinski definition) is 2. The number of aliphatic hydroxyl groups excluding tert-OH is 1. The van der Waals surface area contributed by atoms with Gasteiger partial charge in [-0.1, -0.05) is 101 Å². The van der Waals surface area contributed by atoms with Crippen molar-refractivity contribution in [1.82, 2.24) is 0 Å². The second-order valence-electron chi connectivity index (χ2n) is 10.5. The summed E-state index contributed by atoms with van der Waals surface area (Å²) in [5, 5.41) is 34.4. The van der Waals surface area contributed by atoms with Gasteiger partial charge in [0.05, 0.1) is 6.61 Å². The van der Waals surface area contributed by atoms with Gasteiger partial charge in [-0.2, -0.15) is 0 Å². The first-order valence-corrected chi connectivity index (χ1v) is 13.9. The van der Waals surface area contributed by atoms with Gasteiger partial charge in [0.1, 0.15) is 12.2 Å². The molecular weight excluding hydrogens is 478 g/mol. The Morgan fingerprint density at radius 3 is 1.94 bits per heavy atom. The quantitative estimate of drug-likeness (QED) is 0.229. The van der Waals surface area contributed by atoms with Crippen molar-refractivity contribution < 1.29 is 29.1 Å². The highest BCUT2D eigenvalue weighted by Crippen LogP contribution is 2.38. The Morgan fingerprint density at radius 1 is 1.06 bits per heavy atom. The molecule has 2 aromatic carbocycles. The molecule has 0 aromatic heterocycles. The molecule has 0 saturated heterocycles. The lowest BCUT2D eigenvalue weighted by molar-refractivity contribution is -0.576. The topological polar surface area (TPSA) is 119 Å². The molecular formula is C27H35NO7Si. The van der Waals surface area contributed by atoms with E-state index in [9.17, 15) is 25.1 Å². The van der Waals surface area contributed by atoms with Gasteiger partial charge in [0.25, 0.3) is 8.32 Å². The summed E-state index contributed by atoms with van der Waals surface area (Å²) >= 11 is 0. The Labute approximate surface area is 212 Å². The normalized spacial score (nSPS) is 22.2. The van der Waals surface area contributed by atoms with Crippen molar-refractivity contribution >= 4 is 24.7 Å². The summed E-state index contributed by atoms with van der Waals surface area (Å²) in [6.45, 7) is 9.23. The fourth-order valence-corrected chi connectivity index (χ4v) is 9.67. The van der Waals surface area contributed by atoms with Crippen molar-refractivity contribution in [3.8, 4) is 0 Å². The third kappa shape index (κ3) is 4.76. The number of hydrogen-bond acceptors (Lipinski definition) is 6. The molecule has 0 fully saturated rings. The highest BCUT2D eigenvalue weighted by Gasteiger charge is 2.62. The molecule has 3 rings (SSSR count). The maximum atomic E-state index is 12.2. The predicted octanol–water partition coefficient (Wildman–Crippen LogP) is 3.00. The van der Waals surface area contributed by atoms with Crippen LogP contribution in [0.4, 0.5) is 0 Å². The minimum absolute atomic E-state index is 0.0687. The first-order valence-electron chi connectivity index (χ1n) is 12.0. The molecule has 2 N–H and O–H groups in total. The molecule has 8 nitrogen and oxygen atoms in total. The van der Waals surface area contributed by atoms with Crippen molar-refractivity contribution in [1.29, 1.82) is 0 Å². The van der Waals surface area contributed by atoms with E-state index in [0.29, 0.717) is 0 Å². The lowest BCUT2D eigenvalue weighted by Crippen LogP contribution is -2.68. The summed E-state index contributed by atoms with van der Waals surface area (Å²) in [4.78, 5) is 23.4. The number of ether oxygens (including phenoxy) is 1. The number of nitrogens with zero attached hydrogens (tertiary/aromatic N) is 1. The Hall–Kier alpha value is -2.85. The fraction of sp³-hybridized carbons (Fsp3) is 0.444. The number of aliphatic hydroxyl groups is 1. The van der Waals surface area contributed by atoms with Crippen LogP contribution in [0, 0.1) is 16.0 Å². The smallest absolute Gasteiger partial charge is 0.385 e. The number of carbonyl (C=O) groups is 1. The van der Waals surface area contributed by atoms with Crippen LogP contribution < -0.4 is 10.4 Å². The molecule has 9 heteroatoms. The molecule has 0 aliphatic carbocycles. The Bertz CT molecular complexity index is 1030. The number of carboxylic acids is 1. The maximum absolute atomic E-state index is 12.2. The van der Waals surface area contributed by atoms with Crippen molar-refractivity contribution in [3.63, 3.8) is 0 Å². The zero-order valence-electron chi connectivity index (χ0n) is 21.3. The minimum atomic E-state index is -2.96. The van der Waals surface area contributed by atoms with E-state index < -0.39 is 49.0 Å². The van der Waals surface area contributed by atoms with Crippen LogP contribution in [0.1, 0.15) is 34.6 Å². The van der Waals surface area contributed by atoms with Crippen LogP contribution in [-0.4, -0.2) is 59.9 Å². The molecule has 1 aliphatic heterocycles. The van der Waals surface area contributed by atoms with Crippen LogP contribution >= 0.6 is 0 Å². The molecule has 0 radical (unpaired) electrons. The predicted molar refractivity (Wildman–Crippen MR) is 140 cm³/mol. The second-order valence-corrected chi connectivity index (χ2v) is 14.8. The number of rotatable bonds is 9. The summed E-state index contributed by atoms with van der Waals surface area (Å²) in [7, 11) is -2.96. The van der Waals surface area contributed by atoms with E-state index in [-0.39, 0.29) is 11.6 Å². The summed E-state index contributed by atoms with van der Waals surface area (Å²) in [6.07, 6.45) is -0.817. The highest BCUT2D eigenvalue weighted by atomic mass is 28.4. The van der Waals surface area contributed by atoms with Crippen molar-refractivity contribution in [2.75, 3.05) is 6.61 Å². The molecule has 0 amide bonds. The molecule has 36 heavy (non-hydrogen) atoms. The van der Waals surface area contributed by atoms with Gasteiger partial charge in [-0.3, -0.25) is 10.1 Å². The zero-order valence-corrected chi connectivity index (χ0v) is 22.3. The molecule has 1 aliphatic rings. The lowest BCUT2D eigenvalue weighted by Gasteiger charge is -2.44. The SMILES string of the molecule is CC(C)C(C(=O)O)([C@H]1C=C[C@@H](O)[C@@H](CO[Si](c2ccccc2)(c2ccccc2)C(C)(C)C)O1)[N+](=O)[O-]. The van der Waals surface area contributed by atoms with E-state index in [1.54, 1.807) is 0 Å².